The molecule has 0 saturated heterocycles. The molecule has 6 heteroatoms. The van der Waals surface area contributed by atoms with Gasteiger partial charge in [0, 0.05) is 26.7 Å². The van der Waals surface area contributed by atoms with Crippen LogP contribution in [0.4, 0.5) is 11.4 Å². The fourth-order valence-electron chi connectivity index (χ4n) is 1.48. The second kappa shape index (κ2) is 5.39. The fraction of sp³-hybridized carbons (Fsp3) is 0.333. The van der Waals surface area contributed by atoms with Crippen LogP contribution >= 0.6 is 0 Å². The van der Waals surface area contributed by atoms with Gasteiger partial charge in [0.05, 0.1) is 17.9 Å². The van der Waals surface area contributed by atoms with E-state index in [9.17, 15) is 9.59 Å². The average Bonchev–Trinajstić information content (AvgIpc) is 2.28. The molecule has 0 radical (unpaired) electrons. The largest absolute Gasteiger partial charge is 0.397 e. The number of nitrogen functional groups attached to an aromatic ring is 1. The third kappa shape index (κ3) is 3.13. The maximum absolute atomic E-state index is 11.6. The van der Waals surface area contributed by atoms with Gasteiger partial charge in [-0.25, -0.2) is 0 Å². The van der Waals surface area contributed by atoms with Gasteiger partial charge in [0.15, 0.2) is 0 Å². The summed E-state index contributed by atoms with van der Waals surface area (Å²) < 4.78 is 0. The zero-order chi connectivity index (χ0) is 13.9. The molecule has 0 spiro atoms. The van der Waals surface area contributed by atoms with Crippen LogP contribution in [-0.2, 0) is 4.79 Å². The summed E-state index contributed by atoms with van der Waals surface area (Å²) in [6.07, 6.45) is 0. The van der Waals surface area contributed by atoms with Crippen molar-refractivity contribution >= 4 is 23.2 Å². The Hall–Kier alpha value is -2.24. The Morgan fingerprint density at radius 3 is 2.28 bits per heavy atom. The smallest absolute Gasteiger partial charge is 0.248 e. The van der Waals surface area contributed by atoms with E-state index in [4.69, 9.17) is 11.5 Å². The van der Waals surface area contributed by atoms with Crippen LogP contribution in [0.2, 0.25) is 0 Å². The highest BCUT2D eigenvalue weighted by Gasteiger charge is 2.12. The first-order chi connectivity index (χ1) is 8.32. The Kier molecular flexibility index (Phi) is 4.14. The third-order valence-corrected chi connectivity index (χ3v) is 2.59. The molecule has 0 atom stereocenters. The van der Waals surface area contributed by atoms with Crippen LogP contribution in [-0.4, -0.2) is 44.4 Å². The summed E-state index contributed by atoms with van der Waals surface area (Å²) in [5, 5.41) is 0. The van der Waals surface area contributed by atoms with Crippen LogP contribution in [0.3, 0.4) is 0 Å². The second-order valence-corrected chi connectivity index (χ2v) is 4.28. The van der Waals surface area contributed by atoms with Crippen LogP contribution < -0.4 is 16.4 Å². The number of carbonyl (C=O) groups excluding carboxylic acids is 2. The Labute approximate surface area is 106 Å². The van der Waals surface area contributed by atoms with E-state index >= 15 is 0 Å². The van der Waals surface area contributed by atoms with Crippen LogP contribution in [0.1, 0.15) is 10.4 Å². The number of carbonyl (C=O) groups is 2. The summed E-state index contributed by atoms with van der Waals surface area (Å²) in [5.74, 6) is -0.559. The lowest BCUT2D eigenvalue weighted by atomic mass is 10.1. The van der Waals surface area contributed by atoms with Crippen molar-refractivity contribution in [1.82, 2.24) is 4.90 Å². The summed E-state index contributed by atoms with van der Waals surface area (Å²) in [4.78, 5) is 25.8. The van der Waals surface area contributed by atoms with Gasteiger partial charge >= 0.3 is 0 Å². The SMILES string of the molecule is CN(C)C(=O)CN(C)c1ccc(C(N)=O)cc1N. The molecule has 0 aliphatic rings. The Balaban J connectivity index is 2.90. The number of benzene rings is 1. The first-order valence-corrected chi connectivity index (χ1v) is 5.43. The molecule has 0 aliphatic carbocycles. The highest BCUT2D eigenvalue weighted by Crippen LogP contribution is 2.23. The molecule has 0 bridgehead atoms. The van der Waals surface area contributed by atoms with Crippen molar-refractivity contribution in [2.24, 2.45) is 5.73 Å². The molecule has 1 aromatic carbocycles. The minimum absolute atomic E-state index is 0.0316. The Bertz CT molecular complexity index is 471. The molecule has 1 rings (SSSR count). The number of hydrogen-bond donors (Lipinski definition) is 2. The Morgan fingerprint density at radius 1 is 1.22 bits per heavy atom. The summed E-state index contributed by atoms with van der Waals surface area (Å²) in [6, 6.07) is 4.78. The second-order valence-electron chi connectivity index (χ2n) is 4.28. The van der Waals surface area contributed by atoms with Crippen molar-refractivity contribution in [3.05, 3.63) is 23.8 Å². The molecule has 0 fully saturated rings. The minimum atomic E-state index is -0.528. The molecule has 2 amide bonds. The van der Waals surface area contributed by atoms with Crippen molar-refractivity contribution in [2.45, 2.75) is 0 Å². The first kappa shape index (κ1) is 13.8. The monoisotopic (exact) mass is 250 g/mol. The standard InChI is InChI=1S/C12H18N4O2/c1-15(2)11(17)7-16(3)10-5-4-8(12(14)18)6-9(10)13/h4-6H,7,13H2,1-3H3,(H2,14,18). The quantitative estimate of drug-likeness (QED) is 0.729. The number of amides is 2. The Morgan fingerprint density at radius 2 is 1.83 bits per heavy atom. The molecule has 1 aromatic rings. The zero-order valence-corrected chi connectivity index (χ0v) is 10.8. The number of anilines is 2. The summed E-state index contributed by atoms with van der Waals surface area (Å²) in [6.45, 7) is 0.215. The lowest BCUT2D eigenvalue weighted by molar-refractivity contribution is -0.127. The van der Waals surface area contributed by atoms with E-state index in [1.165, 1.54) is 11.0 Å². The van der Waals surface area contributed by atoms with Crippen molar-refractivity contribution in [3.8, 4) is 0 Å². The third-order valence-electron chi connectivity index (χ3n) is 2.59. The van der Waals surface area contributed by atoms with Crippen molar-refractivity contribution in [3.63, 3.8) is 0 Å². The fourth-order valence-corrected chi connectivity index (χ4v) is 1.48. The zero-order valence-electron chi connectivity index (χ0n) is 10.8. The molecule has 0 heterocycles. The normalized spacial score (nSPS) is 9.94. The summed E-state index contributed by atoms with van der Waals surface area (Å²) in [5.41, 5.74) is 12.5. The van der Waals surface area contributed by atoms with Gasteiger partial charge in [-0.05, 0) is 18.2 Å². The van der Waals surface area contributed by atoms with Gasteiger partial charge in [0.2, 0.25) is 11.8 Å². The van der Waals surface area contributed by atoms with Gasteiger partial charge in [-0.1, -0.05) is 0 Å². The topological polar surface area (TPSA) is 92.7 Å². The van der Waals surface area contributed by atoms with E-state index in [-0.39, 0.29) is 12.5 Å². The van der Waals surface area contributed by atoms with Gasteiger partial charge < -0.3 is 21.3 Å². The van der Waals surface area contributed by atoms with Gasteiger partial charge in [0.25, 0.3) is 0 Å². The van der Waals surface area contributed by atoms with Crippen LogP contribution in [0, 0.1) is 0 Å². The molecule has 0 unspecified atom stereocenters. The lowest BCUT2D eigenvalue weighted by Crippen LogP contribution is -2.34. The number of primary amides is 1. The molecule has 18 heavy (non-hydrogen) atoms. The number of likely N-dealkylation sites (N-methyl/N-ethyl adjacent to an activating group) is 2. The average molecular weight is 250 g/mol. The number of hydrogen-bond acceptors (Lipinski definition) is 4. The molecular weight excluding hydrogens is 232 g/mol. The first-order valence-electron chi connectivity index (χ1n) is 5.43. The van der Waals surface area contributed by atoms with Gasteiger partial charge in [-0.2, -0.15) is 0 Å². The van der Waals surface area contributed by atoms with Gasteiger partial charge in [0.1, 0.15) is 0 Å². The predicted octanol–water partition coefficient (Wildman–Crippen LogP) is -0.108. The van der Waals surface area contributed by atoms with E-state index in [2.05, 4.69) is 0 Å². The summed E-state index contributed by atoms with van der Waals surface area (Å²) >= 11 is 0. The van der Waals surface area contributed by atoms with Crippen LogP contribution in [0.25, 0.3) is 0 Å². The van der Waals surface area contributed by atoms with Crippen LogP contribution in [0.5, 0.6) is 0 Å². The number of rotatable bonds is 4. The maximum atomic E-state index is 11.6. The molecule has 4 N–H and O–H groups in total. The molecule has 0 aliphatic heterocycles. The van der Waals surface area contributed by atoms with Crippen molar-refractivity contribution in [2.75, 3.05) is 38.3 Å². The van der Waals surface area contributed by atoms with Crippen molar-refractivity contribution in [1.29, 1.82) is 0 Å². The van der Waals surface area contributed by atoms with Gasteiger partial charge in [-0.3, -0.25) is 9.59 Å². The van der Waals surface area contributed by atoms with E-state index in [1.807, 2.05) is 0 Å². The number of nitrogens with zero attached hydrogens (tertiary/aromatic N) is 2. The molecule has 0 aromatic heterocycles. The maximum Gasteiger partial charge on any atom is 0.248 e. The van der Waals surface area contributed by atoms with E-state index in [0.29, 0.717) is 16.9 Å². The summed E-state index contributed by atoms with van der Waals surface area (Å²) in [7, 11) is 5.14. The molecule has 0 saturated carbocycles. The van der Waals surface area contributed by atoms with Crippen molar-refractivity contribution < 1.29 is 9.59 Å². The van der Waals surface area contributed by atoms with E-state index < -0.39 is 5.91 Å². The van der Waals surface area contributed by atoms with Gasteiger partial charge in [-0.15, -0.1) is 0 Å². The molecule has 98 valence electrons. The van der Waals surface area contributed by atoms with E-state index in [0.717, 1.165) is 0 Å². The van der Waals surface area contributed by atoms with Crippen LogP contribution in [0.15, 0.2) is 18.2 Å². The molecule has 6 nitrogen and oxygen atoms in total. The van der Waals surface area contributed by atoms with E-state index in [1.54, 1.807) is 38.2 Å². The highest BCUT2D eigenvalue weighted by molar-refractivity contribution is 5.95. The predicted molar refractivity (Wildman–Crippen MR) is 71.3 cm³/mol. The number of nitrogens with two attached hydrogens (primary N) is 2. The highest BCUT2D eigenvalue weighted by atomic mass is 16.2. The minimum Gasteiger partial charge on any atom is -0.397 e. The molecular formula is C12H18N4O2. The lowest BCUT2D eigenvalue weighted by Gasteiger charge is -2.22.